The summed E-state index contributed by atoms with van der Waals surface area (Å²) in [6.07, 6.45) is 2.73. The maximum atomic E-state index is 13.3. The molecule has 2 aliphatic heterocycles. The van der Waals surface area contributed by atoms with Crippen molar-refractivity contribution < 1.29 is 19.1 Å². The van der Waals surface area contributed by atoms with Crippen LogP contribution in [0, 0.1) is 0 Å². The summed E-state index contributed by atoms with van der Waals surface area (Å²) in [5.74, 6) is 1.36. The number of carbonyl (C=O) groups excluding carboxylic acids is 2. The van der Waals surface area contributed by atoms with Crippen LogP contribution in [-0.4, -0.2) is 41.7 Å². The first-order valence-corrected chi connectivity index (χ1v) is 9.74. The standard InChI is InChI=1S/C22H22N2O4/c25-20(14-16-7-8-18-19(13-16)28-15-27-18)23-11-4-12-24(23)21(26)22(9-10-22)17-5-2-1-3-6-17/h1-3,5-8,13H,4,9-12,14-15H2. The van der Waals surface area contributed by atoms with E-state index in [4.69, 9.17) is 9.47 Å². The molecule has 0 radical (unpaired) electrons. The Labute approximate surface area is 163 Å². The van der Waals surface area contributed by atoms with E-state index in [1.54, 1.807) is 10.0 Å². The molecule has 2 aromatic rings. The van der Waals surface area contributed by atoms with Crippen LogP contribution in [0.5, 0.6) is 11.5 Å². The highest BCUT2D eigenvalue weighted by Gasteiger charge is 2.54. The zero-order chi connectivity index (χ0) is 19.1. The first-order valence-electron chi connectivity index (χ1n) is 9.74. The van der Waals surface area contributed by atoms with Crippen molar-refractivity contribution in [1.29, 1.82) is 0 Å². The number of hydrazine groups is 1. The van der Waals surface area contributed by atoms with Crippen LogP contribution in [0.1, 0.15) is 30.4 Å². The fourth-order valence-corrected chi connectivity index (χ4v) is 4.15. The normalized spacial score (nSPS) is 19.0. The summed E-state index contributed by atoms with van der Waals surface area (Å²) < 4.78 is 10.7. The van der Waals surface area contributed by atoms with Crippen molar-refractivity contribution in [2.24, 2.45) is 0 Å². The maximum absolute atomic E-state index is 13.3. The molecule has 0 bridgehead atoms. The largest absolute Gasteiger partial charge is 0.454 e. The van der Waals surface area contributed by atoms with E-state index in [0.29, 0.717) is 24.6 Å². The quantitative estimate of drug-likeness (QED) is 0.821. The second kappa shape index (κ2) is 6.55. The fourth-order valence-electron chi connectivity index (χ4n) is 4.15. The molecule has 0 unspecified atom stereocenters. The van der Waals surface area contributed by atoms with E-state index in [-0.39, 0.29) is 25.0 Å². The van der Waals surface area contributed by atoms with Crippen LogP contribution in [0.2, 0.25) is 0 Å². The Morgan fingerprint density at radius 1 is 0.929 bits per heavy atom. The monoisotopic (exact) mass is 378 g/mol. The lowest BCUT2D eigenvalue weighted by atomic mass is 9.95. The summed E-state index contributed by atoms with van der Waals surface area (Å²) >= 11 is 0. The molecular formula is C22H22N2O4. The van der Waals surface area contributed by atoms with Gasteiger partial charge in [0.25, 0.3) is 5.91 Å². The Morgan fingerprint density at radius 2 is 1.68 bits per heavy atom. The molecule has 28 heavy (non-hydrogen) atoms. The van der Waals surface area contributed by atoms with Crippen molar-refractivity contribution in [3.63, 3.8) is 0 Å². The topological polar surface area (TPSA) is 59.1 Å². The second-order valence-corrected chi connectivity index (χ2v) is 7.61. The van der Waals surface area contributed by atoms with Crippen LogP contribution in [0.4, 0.5) is 0 Å². The fraction of sp³-hybridized carbons (Fsp3) is 0.364. The summed E-state index contributed by atoms with van der Waals surface area (Å²) in [5.41, 5.74) is 1.45. The maximum Gasteiger partial charge on any atom is 0.251 e. The number of amides is 2. The van der Waals surface area contributed by atoms with Crippen LogP contribution in [0.15, 0.2) is 48.5 Å². The van der Waals surface area contributed by atoms with E-state index >= 15 is 0 Å². The third-order valence-corrected chi connectivity index (χ3v) is 5.83. The summed E-state index contributed by atoms with van der Waals surface area (Å²) in [4.78, 5) is 26.3. The van der Waals surface area contributed by atoms with Gasteiger partial charge in [-0.15, -0.1) is 0 Å². The number of fused-ring (bicyclic) bond motifs is 1. The molecule has 1 aliphatic carbocycles. The molecule has 5 rings (SSSR count). The van der Waals surface area contributed by atoms with Crippen molar-refractivity contribution >= 4 is 11.8 Å². The Kier molecular flexibility index (Phi) is 4.00. The summed E-state index contributed by atoms with van der Waals surface area (Å²) in [5, 5.41) is 3.31. The SMILES string of the molecule is O=C(Cc1ccc2c(c1)OCO2)N1CCCN1C(=O)C1(c2ccccc2)CC1. The highest BCUT2D eigenvalue weighted by molar-refractivity contribution is 5.93. The zero-order valence-corrected chi connectivity index (χ0v) is 15.6. The zero-order valence-electron chi connectivity index (χ0n) is 15.6. The van der Waals surface area contributed by atoms with Crippen LogP contribution >= 0.6 is 0 Å². The second-order valence-electron chi connectivity index (χ2n) is 7.61. The van der Waals surface area contributed by atoms with E-state index in [9.17, 15) is 9.59 Å². The highest BCUT2D eigenvalue weighted by atomic mass is 16.7. The number of hydrogen-bond donors (Lipinski definition) is 0. The van der Waals surface area contributed by atoms with Crippen molar-refractivity contribution in [1.82, 2.24) is 10.0 Å². The molecule has 2 heterocycles. The molecular weight excluding hydrogens is 356 g/mol. The average Bonchev–Trinajstić information content (AvgIpc) is 3.16. The Bertz CT molecular complexity index is 923. The Balaban J connectivity index is 1.33. The third kappa shape index (κ3) is 2.80. The number of hydrogen-bond acceptors (Lipinski definition) is 4. The summed E-state index contributed by atoms with van der Waals surface area (Å²) in [7, 11) is 0. The van der Waals surface area contributed by atoms with Gasteiger partial charge in [-0.2, -0.15) is 0 Å². The van der Waals surface area contributed by atoms with Gasteiger partial charge in [0.05, 0.1) is 11.8 Å². The Morgan fingerprint density at radius 3 is 2.46 bits per heavy atom. The first kappa shape index (κ1) is 17.1. The summed E-state index contributed by atoms with van der Waals surface area (Å²) in [6.45, 7) is 1.39. The van der Waals surface area contributed by atoms with Crippen LogP contribution in [0.25, 0.3) is 0 Å². The smallest absolute Gasteiger partial charge is 0.251 e. The van der Waals surface area contributed by atoms with Gasteiger partial charge in [0.2, 0.25) is 12.7 Å². The van der Waals surface area contributed by atoms with Crippen molar-refractivity contribution in [3.05, 3.63) is 59.7 Å². The molecule has 0 aromatic heterocycles. The molecule has 2 amide bonds. The molecule has 2 aromatic carbocycles. The molecule has 0 spiro atoms. The van der Waals surface area contributed by atoms with Crippen molar-refractivity contribution in [2.75, 3.05) is 19.9 Å². The molecule has 3 aliphatic rings. The molecule has 6 nitrogen and oxygen atoms in total. The molecule has 144 valence electrons. The average molecular weight is 378 g/mol. The van der Waals surface area contributed by atoms with Gasteiger partial charge in [-0.3, -0.25) is 19.6 Å². The number of ether oxygens (including phenoxy) is 2. The van der Waals surface area contributed by atoms with Gasteiger partial charge in [-0.05, 0) is 42.5 Å². The van der Waals surface area contributed by atoms with Gasteiger partial charge >= 0.3 is 0 Å². The van der Waals surface area contributed by atoms with Gasteiger partial charge < -0.3 is 9.47 Å². The highest BCUT2D eigenvalue weighted by Crippen LogP contribution is 2.50. The summed E-state index contributed by atoms with van der Waals surface area (Å²) in [6, 6.07) is 15.5. The molecule has 1 saturated heterocycles. The lowest BCUT2D eigenvalue weighted by Gasteiger charge is -2.31. The minimum atomic E-state index is -0.455. The van der Waals surface area contributed by atoms with E-state index in [2.05, 4.69) is 0 Å². The van der Waals surface area contributed by atoms with Gasteiger partial charge in [-0.25, -0.2) is 0 Å². The van der Waals surface area contributed by atoms with Gasteiger partial charge in [0.1, 0.15) is 0 Å². The minimum Gasteiger partial charge on any atom is -0.454 e. The van der Waals surface area contributed by atoms with E-state index < -0.39 is 5.41 Å². The third-order valence-electron chi connectivity index (χ3n) is 5.83. The van der Waals surface area contributed by atoms with Gasteiger partial charge in [-0.1, -0.05) is 36.4 Å². The van der Waals surface area contributed by atoms with Crippen LogP contribution in [0.3, 0.4) is 0 Å². The van der Waals surface area contributed by atoms with E-state index in [0.717, 1.165) is 30.4 Å². The number of rotatable bonds is 4. The predicted molar refractivity (Wildman–Crippen MR) is 102 cm³/mol. The van der Waals surface area contributed by atoms with Crippen molar-refractivity contribution in [2.45, 2.75) is 31.1 Å². The molecule has 1 saturated carbocycles. The lowest BCUT2D eigenvalue weighted by Crippen LogP contribution is -2.49. The van der Waals surface area contributed by atoms with Gasteiger partial charge in [0.15, 0.2) is 11.5 Å². The van der Waals surface area contributed by atoms with Crippen molar-refractivity contribution in [3.8, 4) is 11.5 Å². The number of benzene rings is 2. The molecule has 0 atom stereocenters. The lowest BCUT2D eigenvalue weighted by molar-refractivity contribution is -0.159. The number of carbonyl (C=O) groups is 2. The molecule has 2 fully saturated rings. The molecule has 6 heteroatoms. The minimum absolute atomic E-state index is 0.0511. The first-order chi connectivity index (χ1) is 13.7. The van der Waals surface area contributed by atoms with Crippen LogP contribution in [-0.2, 0) is 21.4 Å². The van der Waals surface area contributed by atoms with Gasteiger partial charge in [0, 0.05) is 13.1 Å². The Hall–Kier alpha value is -3.02. The van der Waals surface area contributed by atoms with E-state index in [1.807, 2.05) is 48.5 Å². The number of nitrogens with zero attached hydrogens (tertiary/aromatic N) is 2. The van der Waals surface area contributed by atoms with Crippen LogP contribution < -0.4 is 9.47 Å². The molecule has 0 N–H and O–H groups in total. The van der Waals surface area contributed by atoms with E-state index in [1.165, 1.54) is 0 Å². The predicted octanol–water partition coefficient (Wildman–Crippen LogP) is 2.67.